The largest absolute Gasteiger partial charge is 0.482 e. The number of para-hydroxylation sites is 1. The second-order valence-electron chi connectivity index (χ2n) is 7.09. The molecule has 1 unspecified atom stereocenters. The summed E-state index contributed by atoms with van der Waals surface area (Å²) in [5.74, 6) is -1.08. The van der Waals surface area contributed by atoms with Gasteiger partial charge in [0.05, 0.1) is 6.04 Å². The third-order valence-electron chi connectivity index (χ3n) is 5.08. The molecular formula is C24H20FNO5. The molecule has 0 aromatic heterocycles. The normalized spacial score (nSPS) is 15.1. The third-order valence-corrected chi connectivity index (χ3v) is 5.08. The number of rotatable bonds is 5. The van der Waals surface area contributed by atoms with Crippen LogP contribution in [-0.4, -0.2) is 35.2 Å². The lowest BCUT2D eigenvalue weighted by atomic mass is 9.88. The first kappa shape index (κ1) is 20.4. The number of hydrogen-bond acceptors (Lipinski definition) is 4. The van der Waals surface area contributed by atoms with Crippen molar-refractivity contribution in [3.05, 3.63) is 95.3 Å². The Morgan fingerprint density at radius 2 is 1.74 bits per heavy atom. The van der Waals surface area contributed by atoms with Crippen molar-refractivity contribution in [2.24, 2.45) is 0 Å². The van der Waals surface area contributed by atoms with Crippen LogP contribution in [0.15, 0.2) is 72.8 Å². The number of nitrogens with zero attached hydrogens (tertiary/aromatic N) is 1. The van der Waals surface area contributed by atoms with Crippen molar-refractivity contribution in [1.82, 2.24) is 4.90 Å². The van der Waals surface area contributed by atoms with E-state index in [2.05, 4.69) is 0 Å². The third kappa shape index (κ3) is 4.50. The molecule has 0 bridgehead atoms. The molecule has 1 N–H and O–H groups in total. The molecule has 1 heterocycles. The molecule has 1 aliphatic heterocycles. The molecule has 0 radical (unpaired) electrons. The van der Waals surface area contributed by atoms with E-state index in [0.29, 0.717) is 24.3 Å². The highest BCUT2D eigenvalue weighted by molar-refractivity contribution is 5.73. The van der Waals surface area contributed by atoms with E-state index in [1.54, 1.807) is 24.3 Å². The van der Waals surface area contributed by atoms with Crippen LogP contribution < -0.4 is 9.47 Å². The second kappa shape index (κ2) is 8.87. The lowest BCUT2D eigenvalue weighted by Gasteiger charge is -2.37. The Hall–Kier alpha value is -3.87. The average Bonchev–Trinajstić information content (AvgIpc) is 2.78. The predicted molar refractivity (Wildman–Crippen MR) is 111 cm³/mol. The molecule has 0 aliphatic carbocycles. The van der Waals surface area contributed by atoms with Crippen molar-refractivity contribution in [2.45, 2.75) is 12.5 Å². The number of aliphatic carboxylic acids is 1. The van der Waals surface area contributed by atoms with Gasteiger partial charge in [0.1, 0.15) is 17.3 Å². The summed E-state index contributed by atoms with van der Waals surface area (Å²) in [7, 11) is 0. The number of amides is 1. The highest BCUT2D eigenvalue weighted by Crippen LogP contribution is 2.40. The number of carbonyl (C=O) groups excluding carboxylic acids is 1. The van der Waals surface area contributed by atoms with Gasteiger partial charge in [0.2, 0.25) is 0 Å². The fourth-order valence-electron chi connectivity index (χ4n) is 3.75. The minimum Gasteiger partial charge on any atom is -0.482 e. The zero-order valence-corrected chi connectivity index (χ0v) is 16.5. The highest BCUT2D eigenvalue weighted by Gasteiger charge is 2.35. The zero-order chi connectivity index (χ0) is 21.8. The van der Waals surface area contributed by atoms with E-state index in [1.807, 2.05) is 30.3 Å². The summed E-state index contributed by atoms with van der Waals surface area (Å²) in [4.78, 5) is 25.6. The quantitative estimate of drug-likeness (QED) is 0.659. The minimum atomic E-state index is -1.15. The molecule has 1 amide bonds. The number of carboxylic acid groups (broad SMARTS) is 1. The Morgan fingerprint density at radius 3 is 2.52 bits per heavy atom. The molecule has 31 heavy (non-hydrogen) atoms. The van der Waals surface area contributed by atoms with Gasteiger partial charge in [-0.25, -0.2) is 14.0 Å². The maximum absolute atomic E-state index is 14.2. The van der Waals surface area contributed by atoms with Crippen molar-refractivity contribution in [3.63, 3.8) is 0 Å². The van der Waals surface area contributed by atoms with Crippen LogP contribution in [0.3, 0.4) is 0 Å². The molecule has 6 nitrogen and oxygen atoms in total. The Bertz CT molecular complexity index is 1100. The number of benzene rings is 3. The second-order valence-corrected chi connectivity index (χ2v) is 7.09. The van der Waals surface area contributed by atoms with Crippen molar-refractivity contribution >= 4 is 12.1 Å². The Kier molecular flexibility index (Phi) is 5.84. The number of carboxylic acids is 1. The number of ether oxygens (including phenoxy) is 2. The molecule has 1 aliphatic rings. The molecule has 4 rings (SSSR count). The van der Waals surface area contributed by atoms with Gasteiger partial charge in [-0.2, -0.15) is 0 Å². The summed E-state index contributed by atoms with van der Waals surface area (Å²) in [6, 6.07) is 19.4. The van der Waals surface area contributed by atoms with Gasteiger partial charge in [-0.15, -0.1) is 0 Å². The van der Waals surface area contributed by atoms with Crippen LogP contribution in [0.4, 0.5) is 9.18 Å². The fraction of sp³-hybridized carbons (Fsp3) is 0.167. The van der Waals surface area contributed by atoms with Gasteiger partial charge >= 0.3 is 12.1 Å². The number of hydrogen-bond donors (Lipinski definition) is 1. The van der Waals surface area contributed by atoms with E-state index in [-0.39, 0.29) is 5.75 Å². The van der Waals surface area contributed by atoms with Gasteiger partial charge in [0.15, 0.2) is 6.61 Å². The average molecular weight is 421 g/mol. The van der Waals surface area contributed by atoms with E-state index < -0.39 is 30.5 Å². The van der Waals surface area contributed by atoms with E-state index >= 15 is 0 Å². The lowest BCUT2D eigenvalue weighted by molar-refractivity contribution is -0.139. The van der Waals surface area contributed by atoms with E-state index in [1.165, 1.54) is 23.1 Å². The van der Waals surface area contributed by atoms with Crippen LogP contribution in [-0.2, 0) is 11.2 Å². The van der Waals surface area contributed by atoms with Crippen LogP contribution >= 0.6 is 0 Å². The summed E-state index contributed by atoms with van der Waals surface area (Å²) in [6.07, 6.45) is 0.0242. The van der Waals surface area contributed by atoms with Gasteiger partial charge < -0.3 is 14.6 Å². The number of halogens is 1. The fourth-order valence-corrected chi connectivity index (χ4v) is 3.75. The summed E-state index contributed by atoms with van der Waals surface area (Å²) in [5, 5.41) is 9.01. The zero-order valence-electron chi connectivity index (χ0n) is 16.5. The SMILES string of the molecule is O=C(O)COc1ccc(F)cc1C1c2ccccc2CCN1C(=O)Oc1ccccc1. The van der Waals surface area contributed by atoms with Crippen LogP contribution in [0, 0.1) is 5.82 Å². The summed E-state index contributed by atoms with van der Waals surface area (Å²) >= 11 is 0. The first-order valence-electron chi connectivity index (χ1n) is 9.78. The van der Waals surface area contributed by atoms with Gasteiger partial charge in [0.25, 0.3) is 0 Å². The maximum atomic E-state index is 14.2. The highest BCUT2D eigenvalue weighted by atomic mass is 19.1. The summed E-state index contributed by atoms with van der Waals surface area (Å²) in [6.45, 7) is -0.232. The van der Waals surface area contributed by atoms with Crippen LogP contribution in [0.25, 0.3) is 0 Å². The minimum absolute atomic E-state index is 0.197. The molecule has 0 spiro atoms. The van der Waals surface area contributed by atoms with Crippen LogP contribution in [0.1, 0.15) is 22.7 Å². The Labute approximate surface area is 178 Å². The Balaban J connectivity index is 1.76. The first-order valence-corrected chi connectivity index (χ1v) is 9.78. The van der Waals surface area contributed by atoms with E-state index in [4.69, 9.17) is 14.6 Å². The molecule has 3 aromatic rings. The summed E-state index contributed by atoms with van der Waals surface area (Å²) in [5.41, 5.74) is 2.19. The van der Waals surface area contributed by atoms with Crippen molar-refractivity contribution < 1.29 is 28.6 Å². The maximum Gasteiger partial charge on any atom is 0.416 e. The number of fused-ring (bicyclic) bond motifs is 1. The summed E-state index contributed by atoms with van der Waals surface area (Å²) < 4.78 is 25.2. The van der Waals surface area contributed by atoms with Crippen LogP contribution in [0.5, 0.6) is 11.5 Å². The molecule has 1 atom stereocenters. The van der Waals surface area contributed by atoms with Gasteiger partial charge in [-0.1, -0.05) is 42.5 Å². The van der Waals surface area contributed by atoms with E-state index in [0.717, 1.165) is 11.1 Å². The molecule has 3 aromatic carbocycles. The standard InChI is InChI=1S/C24H20FNO5/c25-17-10-11-21(30-15-22(27)28)20(14-17)23-19-9-5-4-6-16(19)12-13-26(23)24(29)31-18-7-2-1-3-8-18/h1-11,14,23H,12-13,15H2,(H,27,28). The van der Waals surface area contributed by atoms with Crippen molar-refractivity contribution in [3.8, 4) is 11.5 Å². The predicted octanol–water partition coefficient (Wildman–Crippen LogP) is 4.44. The molecule has 0 saturated heterocycles. The van der Waals surface area contributed by atoms with Gasteiger partial charge in [0, 0.05) is 12.1 Å². The van der Waals surface area contributed by atoms with Gasteiger partial charge in [-0.05, 0) is 47.9 Å². The van der Waals surface area contributed by atoms with Crippen LogP contribution in [0.2, 0.25) is 0 Å². The molecule has 158 valence electrons. The number of carbonyl (C=O) groups is 2. The molecular weight excluding hydrogens is 401 g/mol. The van der Waals surface area contributed by atoms with E-state index in [9.17, 15) is 14.0 Å². The Morgan fingerprint density at radius 1 is 1.00 bits per heavy atom. The van der Waals surface area contributed by atoms with Crippen molar-refractivity contribution in [2.75, 3.05) is 13.2 Å². The first-order chi connectivity index (χ1) is 15.0. The molecule has 7 heteroatoms. The molecule has 0 saturated carbocycles. The van der Waals surface area contributed by atoms with Gasteiger partial charge in [-0.3, -0.25) is 4.90 Å². The van der Waals surface area contributed by atoms with Crippen molar-refractivity contribution in [1.29, 1.82) is 0 Å². The monoisotopic (exact) mass is 421 g/mol. The smallest absolute Gasteiger partial charge is 0.416 e. The lowest BCUT2D eigenvalue weighted by Crippen LogP contribution is -2.42. The topological polar surface area (TPSA) is 76.1 Å². The molecule has 0 fully saturated rings.